The summed E-state index contributed by atoms with van der Waals surface area (Å²) >= 11 is 0. The van der Waals surface area contributed by atoms with Gasteiger partial charge in [-0.25, -0.2) is 14.6 Å². The van der Waals surface area contributed by atoms with Crippen LogP contribution in [0.15, 0.2) is 31.0 Å². The minimum atomic E-state index is 0.490. The molecule has 2 rings (SSSR count). The molecule has 0 spiro atoms. The number of pyridine rings is 1. The summed E-state index contributed by atoms with van der Waals surface area (Å²) in [6.07, 6.45) is 7.36. The van der Waals surface area contributed by atoms with E-state index >= 15 is 0 Å². The second-order valence-electron chi connectivity index (χ2n) is 6.35. The monoisotopic (exact) mass is 287 g/mol. The Labute approximate surface area is 126 Å². The molecule has 114 valence electrons. The molecule has 2 aromatic rings. The van der Waals surface area contributed by atoms with Gasteiger partial charge in [0.15, 0.2) is 5.82 Å². The van der Waals surface area contributed by atoms with E-state index in [0.717, 1.165) is 11.5 Å². The molecule has 2 aromatic heterocycles. The zero-order valence-corrected chi connectivity index (χ0v) is 13.3. The lowest BCUT2D eigenvalue weighted by molar-refractivity contribution is 0.442. The van der Waals surface area contributed by atoms with E-state index in [4.69, 9.17) is 0 Å². The second kappa shape index (κ2) is 7.20. The fourth-order valence-corrected chi connectivity index (χ4v) is 2.52. The minimum absolute atomic E-state index is 0.490. The predicted molar refractivity (Wildman–Crippen MR) is 85.5 cm³/mol. The van der Waals surface area contributed by atoms with Crippen LogP contribution in [0.1, 0.15) is 40.5 Å². The van der Waals surface area contributed by atoms with Crippen LogP contribution < -0.4 is 5.32 Å². The van der Waals surface area contributed by atoms with Crippen LogP contribution in [0, 0.1) is 11.8 Å². The summed E-state index contributed by atoms with van der Waals surface area (Å²) < 4.78 is 1.66. The Morgan fingerprint density at radius 3 is 2.29 bits per heavy atom. The van der Waals surface area contributed by atoms with Gasteiger partial charge in [-0.2, -0.15) is 5.10 Å². The van der Waals surface area contributed by atoms with E-state index in [1.165, 1.54) is 19.2 Å². The molecule has 21 heavy (non-hydrogen) atoms. The number of anilines is 1. The molecule has 0 amide bonds. The normalized spacial score (nSPS) is 11.6. The highest BCUT2D eigenvalue weighted by Gasteiger charge is 2.13. The number of rotatable bonds is 7. The Balaban J connectivity index is 2.03. The Bertz CT molecular complexity index is 506. The van der Waals surface area contributed by atoms with Crippen molar-refractivity contribution in [1.29, 1.82) is 0 Å². The number of nitrogens with zero attached hydrogens (tertiary/aromatic N) is 4. The summed E-state index contributed by atoms with van der Waals surface area (Å²) in [7, 11) is 0. The highest BCUT2D eigenvalue weighted by atomic mass is 15.3. The Kier molecular flexibility index (Phi) is 5.31. The van der Waals surface area contributed by atoms with Crippen molar-refractivity contribution in [3.05, 3.63) is 31.0 Å². The molecule has 0 aliphatic heterocycles. The average Bonchev–Trinajstić information content (AvgIpc) is 2.91. The molecule has 5 heteroatoms. The van der Waals surface area contributed by atoms with E-state index in [1.54, 1.807) is 11.0 Å². The molecule has 0 aliphatic rings. The van der Waals surface area contributed by atoms with Gasteiger partial charge >= 0.3 is 0 Å². The fraction of sp³-hybridized carbons (Fsp3) is 0.562. The van der Waals surface area contributed by atoms with E-state index in [-0.39, 0.29) is 0 Å². The maximum Gasteiger partial charge on any atom is 0.155 e. The smallest absolute Gasteiger partial charge is 0.155 e. The van der Waals surface area contributed by atoms with Crippen molar-refractivity contribution in [2.75, 3.05) is 5.32 Å². The minimum Gasteiger partial charge on any atom is -0.381 e. The number of nitrogens with one attached hydrogen (secondary N) is 1. The first-order valence-electron chi connectivity index (χ1n) is 7.62. The van der Waals surface area contributed by atoms with Gasteiger partial charge in [0.05, 0.1) is 11.9 Å². The summed E-state index contributed by atoms with van der Waals surface area (Å²) in [6.45, 7) is 9.06. The first kappa shape index (κ1) is 15.5. The van der Waals surface area contributed by atoms with Crippen molar-refractivity contribution in [2.45, 2.75) is 46.6 Å². The topological polar surface area (TPSA) is 55.6 Å². The molecule has 0 saturated carbocycles. The first-order valence-corrected chi connectivity index (χ1v) is 7.62. The van der Waals surface area contributed by atoms with Crippen molar-refractivity contribution >= 4 is 5.69 Å². The Morgan fingerprint density at radius 2 is 1.81 bits per heavy atom. The van der Waals surface area contributed by atoms with Crippen LogP contribution >= 0.6 is 0 Å². The van der Waals surface area contributed by atoms with Gasteiger partial charge in [-0.15, -0.1) is 0 Å². The van der Waals surface area contributed by atoms with Gasteiger partial charge in [0, 0.05) is 6.04 Å². The zero-order valence-electron chi connectivity index (χ0n) is 13.3. The standard InChI is InChI=1S/C16H25N5/c1-12(2)7-15(8-13(3)4)20-14-5-6-16(18-9-14)21-11-17-10-19-21/h5-6,9-13,15,20H,7-8H2,1-4H3. The largest absolute Gasteiger partial charge is 0.381 e. The summed E-state index contributed by atoms with van der Waals surface area (Å²) in [5, 5.41) is 7.68. The van der Waals surface area contributed by atoms with Crippen molar-refractivity contribution in [3.63, 3.8) is 0 Å². The second-order valence-corrected chi connectivity index (χ2v) is 6.35. The SMILES string of the molecule is CC(C)CC(CC(C)C)Nc1ccc(-n2cncn2)nc1. The van der Waals surface area contributed by atoms with Gasteiger partial charge in [-0.3, -0.25) is 0 Å². The lowest BCUT2D eigenvalue weighted by Gasteiger charge is -2.23. The molecular weight excluding hydrogens is 262 g/mol. The number of aromatic nitrogens is 4. The molecule has 0 unspecified atom stereocenters. The molecule has 0 radical (unpaired) electrons. The molecule has 0 fully saturated rings. The van der Waals surface area contributed by atoms with Crippen molar-refractivity contribution in [1.82, 2.24) is 19.7 Å². The van der Waals surface area contributed by atoms with E-state index in [9.17, 15) is 0 Å². The fourth-order valence-electron chi connectivity index (χ4n) is 2.52. The van der Waals surface area contributed by atoms with Crippen molar-refractivity contribution in [2.24, 2.45) is 11.8 Å². The van der Waals surface area contributed by atoms with Crippen molar-refractivity contribution in [3.8, 4) is 5.82 Å². The Morgan fingerprint density at radius 1 is 1.10 bits per heavy atom. The lowest BCUT2D eigenvalue weighted by atomic mass is 9.95. The van der Waals surface area contributed by atoms with Crippen LogP contribution in [-0.2, 0) is 0 Å². The quantitative estimate of drug-likeness (QED) is 0.846. The third-order valence-corrected chi connectivity index (χ3v) is 3.28. The van der Waals surface area contributed by atoms with Gasteiger partial charge in [0.2, 0.25) is 0 Å². The number of hydrogen-bond donors (Lipinski definition) is 1. The molecule has 2 heterocycles. The Hall–Kier alpha value is -1.91. The van der Waals surface area contributed by atoms with Gasteiger partial charge in [0.1, 0.15) is 12.7 Å². The summed E-state index contributed by atoms with van der Waals surface area (Å²) in [4.78, 5) is 8.36. The van der Waals surface area contributed by atoms with Gasteiger partial charge in [-0.1, -0.05) is 27.7 Å². The molecule has 0 atom stereocenters. The molecule has 0 aliphatic carbocycles. The molecule has 5 nitrogen and oxygen atoms in total. The van der Waals surface area contributed by atoms with Gasteiger partial charge in [-0.05, 0) is 36.8 Å². The summed E-state index contributed by atoms with van der Waals surface area (Å²) in [6, 6.07) is 4.50. The van der Waals surface area contributed by atoms with Crippen LogP contribution in [0.3, 0.4) is 0 Å². The lowest BCUT2D eigenvalue weighted by Crippen LogP contribution is -2.23. The molecule has 0 bridgehead atoms. The third kappa shape index (κ3) is 4.85. The molecule has 0 saturated heterocycles. The average molecular weight is 287 g/mol. The molecule has 0 aromatic carbocycles. The van der Waals surface area contributed by atoms with Crippen LogP contribution in [0.5, 0.6) is 0 Å². The van der Waals surface area contributed by atoms with Gasteiger partial charge in [0.25, 0.3) is 0 Å². The number of hydrogen-bond acceptors (Lipinski definition) is 4. The van der Waals surface area contributed by atoms with Crippen LogP contribution in [-0.4, -0.2) is 25.8 Å². The van der Waals surface area contributed by atoms with E-state index in [2.05, 4.69) is 54.1 Å². The maximum atomic E-state index is 4.43. The van der Waals surface area contributed by atoms with E-state index in [0.29, 0.717) is 17.9 Å². The van der Waals surface area contributed by atoms with Crippen LogP contribution in [0.25, 0.3) is 5.82 Å². The van der Waals surface area contributed by atoms with E-state index in [1.807, 2.05) is 12.3 Å². The summed E-state index contributed by atoms with van der Waals surface area (Å²) in [5.41, 5.74) is 1.06. The maximum absolute atomic E-state index is 4.43. The molecule has 1 N–H and O–H groups in total. The van der Waals surface area contributed by atoms with Gasteiger partial charge < -0.3 is 5.32 Å². The third-order valence-electron chi connectivity index (χ3n) is 3.28. The van der Waals surface area contributed by atoms with Crippen molar-refractivity contribution < 1.29 is 0 Å². The predicted octanol–water partition coefficient (Wildman–Crippen LogP) is 3.54. The highest BCUT2D eigenvalue weighted by molar-refractivity contribution is 5.44. The summed E-state index contributed by atoms with van der Waals surface area (Å²) in [5.74, 6) is 2.15. The van der Waals surface area contributed by atoms with E-state index < -0.39 is 0 Å². The van der Waals surface area contributed by atoms with Crippen LogP contribution in [0.4, 0.5) is 5.69 Å². The van der Waals surface area contributed by atoms with Crippen LogP contribution in [0.2, 0.25) is 0 Å². The molecular formula is C16H25N5. The highest BCUT2D eigenvalue weighted by Crippen LogP contribution is 2.18. The first-order chi connectivity index (χ1) is 10.0. The zero-order chi connectivity index (χ0) is 15.2.